The van der Waals surface area contributed by atoms with Crippen LogP contribution in [-0.4, -0.2) is 48.0 Å². The quantitative estimate of drug-likeness (QED) is 0.725. The van der Waals surface area contributed by atoms with Gasteiger partial charge >= 0.3 is 0 Å². The Bertz CT molecular complexity index is 432. The molecule has 1 fully saturated rings. The number of hydrogen-bond donors (Lipinski definition) is 0. The summed E-state index contributed by atoms with van der Waals surface area (Å²) in [6.07, 6.45) is 6.05. The Morgan fingerprint density at radius 3 is 2.83 bits per heavy atom. The second-order valence-electron chi connectivity index (χ2n) is 8.02. The third kappa shape index (κ3) is 7.01. The van der Waals surface area contributed by atoms with E-state index in [0.717, 1.165) is 30.8 Å². The summed E-state index contributed by atoms with van der Waals surface area (Å²) in [5, 5.41) is 0. The van der Waals surface area contributed by atoms with E-state index >= 15 is 0 Å². The fourth-order valence-electron chi connectivity index (χ4n) is 4.03. The van der Waals surface area contributed by atoms with Crippen LogP contribution in [0.3, 0.4) is 0 Å². The largest absolute Gasteiger partial charge is 0.303 e. The van der Waals surface area contributed by atoms with E-state index < -0.39 is 0 Å². The van der Waals surface area contributed by atoms with Gasteiger partial charge in [-0.05, 0) is 62.7 Å². The van der Waals surface area contributed by atoms with Crippen LogP contribution in [0.2, 0.25) is 0 Å². The number of likely N-dealkylation sites (tertiary alicyclic amines) is 1. The molecule has 2 heterocycles. The molecule has 0 bridgehead atoms. The van der Waals surface area contributed by atoms with Crippen molar-refractivity contribution in [2.45, 2.75) is 46.6 Å². The molecule has 1 saturated heterocycles. The molecule has 0 N–H and O–H groups in total. The van der Waals surface area contributed by atoms with E-state index in [0.29, 0.717) is 0 Å². The summed E-state index contributed by atoms with van der Waals surface area (Å²) >= 11 is 0. The zero-order chi connectivity index (χ0) is 16.7. The Kier molecular flexibility index (Phi) is 7.51. The van der Waals surface area contributed by atoms with Crippen molar-refractivity contribution >= 4 is 0 Å². The molecule has 0 aromatic carbocycles. The van der Waals surface area contributed by atoms with E-state index in [-0.39, 0.29) is 0 Å². The highest BCUT2D eigenvalue weighted by Gasteiger charge is 2.22. The second-order valence-corrected chi connectivity index (χ2v) is 8.02. The molecule has 130 valence electrons. The number of pyridine rings is 1. The molecule has 2 atom stereocenters. The van der Waals surface area contributed by atoms with Crippen molar-refractivity contribution in [1.29, 1.82) is 0 Å². The topological polar surface area (TPSA) is 19.4 Å². The van der Waals surface area contributed by atoms with Gasteiger partial charge in [-0.25, -0.2) is 0 Å². The monoisotopic (exact) mass is 317 g/mol. The van der Waals surface area contributed by atoms with Gasteiger partial charge in [-0.1, -0.05) is 26.8 Å². The summed E-state index contributed by atoms with van der Waals surface area (Å²) in [4.78, 5) is 9.53. The van der Waals surface area contributed by atoms with Crippen molar-refractivity contribution in [2.75, 3.05) is 33.2 Å². The molecule has 1 aromatic heterocycles. The van der Waals surface area contributed by atoms with E-state index in [1.54, 1.807) is 0 Å². The van der Waals surface area contributed by atoms with E-state index in [4.69, 9.17) is 0 Å². The minimum Gasteiger partial charge on any atom is -0.303 e. The maximum absolute atomic E-state index is 4.43. The third-order valence-corrected chi connectivity index (χ3v) is 4.74. The minimum atomic E-state index is 0.757. The molecule has 2 unspecified atom stereocenters. The van der Waals surface area contributed by atoms with Crippen molar-refractivity contribution in [1.82, 2.24) is 14.8 Å². The Labute approximate surface area is 143 Å². The lowest BCUT2D eigenvalue weighted by molar-refractivity contribution is 0.136. The molecule has 2 rings (SSSR count). The zero-order valence-electron chi connectivity index (χ0n) is 15.5. The first-order valence-corrected chi connectivity index (χ1v) is 9.33. The predicted octanol–water partition coefficient (Wildman–Crippen LogP) is 3.91. The molecular formula is C20H35N3. The van der Waals surface area contributed by atoms with E-state index in [9.17, 15) is 0 Å². The first kappa shape index (κ1) is 18.4. The molecule has 1 aliphatic heterocycles. The van der Waals surface area contributed by atoms with Crippen molar-refractivity contribution in [3.63, 3.8) is 0 Å². The van der Waals surface area contributed by atoms with Gasteiger partial charge in [0.05, 0.1) is 5.69 Å². The first-order valence-electron chi connectivity index (χ1n) is 9.33. The average molecular weight is 318 g/mol. The van der Waals surface area contributed by atoms with Crippen LogP contribution in [0.4, 0.5) is 0 Å². The van der Waals surface area contributed by atoms with Gasteiger partial charge in [0.2, 0.25) is 0 Å². The minimum absolute atomic E-state index is 0.757. The van der Waals surface area contributed by atoms with Crippen LogP contribution >= 0.6 is 0 Å². The van der Waals surface area contributed by atoms with Crippen molar-refractivity contribution in [3.05, 3.63) is 30.1 Å². The highest BCUT2D eigenvalue weighted by molar-refractivity contribution is 5.03. The Balaban J connectivity index is 1.72. The molecule has 1 aromatic rings. The van der Waals surface area contributed by atoms with Crippen molar-refractivity contribution in [3.8, 4) is 0 Å². The summed E-state index contributed by atoms with van der Waals surface area (Å²) in [6.45, 7) is 13.1. The summed E-state index contributed by atoms with van der Waals surface area (Å²) in [6, 6.07) is 6.18. The van der Waals surface area contributed by atoms with E-state index in [2.05, 4.69) is 54.7 Å². The zero-order valence-corrected chi connectivity index (χ0v) is 15.5. The number of piperidine rings is 1. The molecule has 1 aliphatic rings. The third-order valence-electron chi connectivity index (χ3n) is 4.74. The van der Waals surface area contributed by atoms with Gasteiger partial charge in [0.15, 0.2) is 0 Å². The van der Waals surface area contributed by atoms with Gasteiger partial charge < -0.3 is 9.80 Å². The molecule has 0 aliphatic carbocycles. The fourth-order valence-corrected chi connectivity index (χ4v) is 4.03. The van der Waals surface area contributed by atoms with Gasteiger partial charge in [0, 0.05) is 32.4 Å². The molecule has 0 saturated carbocycles. The van der Waals surface area contributed by atoms with E-state index in [1.165, 1.54) is 44.6 Å². The smallest absolute Gasteiger partial charge is 0.0543 e. The summed E-state index contributed by atoms with van der Waals surface area (Å²) < 4.78 is 0. The van der Waals surface area contributed by atoms with Gasteiger partial charge in [0.1, 0.15) is 0 Å². The van der Waals surface area contributed by atoms with Crippen molar-refractivity contribution < 1.29 is 0 Å². The van der Waals surface area contributed by atoms with Gasteiger partial charge in [-0.15, -0.1) is 0 Å². The average Bonchev–Trinajstić information content (AvgIpc) is 2.47. The molecule has 0 radical (unpaired) electrons. The van der Waals surface area contributed by atoms with Crippen LogP contribution in [0.15, 0.2) is 24.4 Å². The Morgan fingerprint density at radius 2 is 2.13 bits per heavy atom. The van der Waals surface area contributed by atoms with Crippen LogP contribution in [0.25, 0.3) is 0 Å². The molecule has 0 spiro atoms. The van der Waals surface area contributed by atoms with Gasteiger partial charge in [0.25, 0.3) is 0 Å². The lowest BCUT2D eigenvalue weighted by Gasteiger charge is -2.35. The normalized spacial score (nSPS) is 21.0. The van der Waals surface area contributed by atoms with E-state index in [1.807, 2.05) is 12.3 Å². The molecule has 23 heavy (non-hydrogen) atoms. The van der Waals surface area contributed by atoms with Gasteiger partial charge in [-0.3, -0.25) is 4.98 Å². The number of rotatable bonds is 8. The van der Waals surface area contributed by atoms with Gasteiger partial charge in [-0.2, -0.15) is 0 Å². The maximum atomic E-state index is 4.43. The lowest BCUT2D eigenvalue weighted by Crippen LogP contribution is -2.38. The standard InChI is InChI=1S/C20H35N3/c1-17(2)13-23-11-7-8-19(15-23)12-18(3)14-22(4)16-20-9-5-6-10-21-20/h5-6,9-10,17-19H,7-8,11-16H2,1-4H3. The maximum Gasteiger partial charge on any atom is 0.0543 e. The number of hydrogen-bond acceptors (Lipinski definition) is 3. The SMILES string of the molecule is CC(C)CN1CCCC(CC(C)CN(C)Cc2ccccn2)C1. The molecule has 3 heteroatoms. The molecule has 3 nitrogen and oxygen atoms in total. The Hall–Kier alpha value is -0.930. The molecule has 0 amide bonds. The predicted molar refractivity (Wildman–Crippen MR) is 98.4 cm³/mol. The summed E-state index contributed by atoms with van der Waals surface area (Å²) in [7, 11) is 2.22. The highest BCUT2D eigenvalue weighted by Crippen LogP contribution is 2.24. The highest BCUT2D eigenvalue weighted by atomic mass is 15.1. The number of aromatic nitrogens is 1. The van der Waals surface area contributed by atoms with Crippen molar-refractivity contribution in [2.24, 2.45) is 17.8 Å². The van der Waals surface area contributed by atoms with Crippen LogP contribution in [0, 0.1) is 17.8 Å². The lowest BCUT2D eigenvalue weighted by atomic mass is 9.88. The second kappa shape index (κ2) is 9.39. The summed E-state index contributed by atoms with van der Waals surface area (Å²) in [5.74, 6) is 2.43. The summed E-state index contributed by atoms with van der Waals surface area (Å²) in [5.41, 5.74) is 1.17. The van der Waals surface area contributed by atoms with Crippen LogP contribution < -0.4 is 0 Å². The van der Waals surface area contributed by atoms with Crippen LogP contribution in [0.1, 0.15) is 45.7 Å². The van der Waals surface area contributed by atoms with Crippen LogP contribution in [0.5, 0.6) is 0 Å². The fraction of sp³-hybridized carbons (Fsp3) is 0.750. The van der Waals surface area contributed by atoms with Crippen LogP contribution in [-0.2, 0) is 6.54 Å². The number of nitrogens with zero attached hydrogens (tertiary/aromatic N) is 3. The first-order chi connectivity index (χ1) is 11.0. The Morgan fingerprint density at radius 1 is 1.30 bits per heavy atom. The molecular weight excluding hydrogens is 282 g/mol.